The summed E-state index contributed by atoms with van der Waals surface area (Å²) >= 11 is 3.37. The average Bonchev–Trinajstić information content (AvgIpc) is 2.81. The molecule has 6 heteroatoms. The lowest BCUT2D eigenvalue weighted by atomic mass is 10.1. The molecule has 1 heterocycles. The highest BCUT2D eigenvalue weighted by Gasteiger charge is 2.40. The fraction of sp³-hybridized carbons (Fsp3) is 0.167. The summed E-state index contributed by atoms with van der Waals surface area (Å²) in [7, 11) is 0. The number of hydrogen-bond acceptors (Lipinski definition) is 3. The fourth-order valence-electron chi connectivity index (χ4n) is 2.68. The summed E-state index contributed by atoms with van der Waals surface area (Å²) in [6.07, 6.45) is 0. The minimum Gasteiger partial charge on any atom is -0.324 e. The van der Waals surface area contributed by atoms with E-state index in [1.807, 2.05) is 19.1 Å². The summed E-state index contributed by atoms with van der Waals surface area (Å²) in [6.45, 7) is 3.41. The lowest BCUT2D eigenvalue weighted by Crippen LogP contribution is -2.45. The summed E-state index contributed by atoms with van der Waals surface area (Å²) in [4.78, 5) is 38.4. The smallest absolute Gasteiger partial charge is 0.262 e. The van der Waals surface area contributed by atoms with Crippen molar-refractivity contribution in [1.82, 2.24) is 4.90 Å². The van der Waals surface area contributed by atoms with Crippen LogP contribution in [0.2, 0.25) is 0 Å². The first-order valence-electron chi connectivity index (χ1n) is 7.44. The first-order chi connectivity index (χ1) is 11.4. The van der Waals surface area contributed by atoms with Crippen LogP contribution < -0.4 is 5.32 Å². The second-order valence-corrected chi connectivity index (χ2v) is 6.57. The molecule has 0 spiro atoms. The number of benzene rings is 2. The van der Waals surface area contributed by atoms with E-state index in [0.717, 1.165) is 14.9 Å². The number of carbonyl (C=O) groups is 3. The van der Waals surface area contributed by atoms with Crippen molar-refractivity contribution in [2.45, 2.75) is 19.9 Å². The zero-order chi connectivity index (χ0) is 17.4. The van der Waals surface area contributed by atoms with Crippen molar-refractivity contribution in [2.24, 2.45) is 0 Å². The molecule has 0 aromatic heterocycles. The molecule has 24 heavy (non-hydrogen) atoms. The maximum absolute atomic E-state index is 12.5. The predicted octanol–water partition coefficient (Wildman–Crippen LogP) is 3.38. The van der Waals surface area contributed by atoms with Gasteiger partial charge in [0.05, 0.1) is 11.1 Å². The van der Waals surface area contributed by atoms with E-state index < -0.39 is 23.8 Å². The van der Waals surface area contributed by atoms with Gasteiger partial charge in [-0.15, -0.1) is 0 Å². The SMILES string of the molecule is Cc1cc(Br)ccc1NC(=O)[C@H](C)N1C(=O)c2ccccc2C1=O. The van der Waals surface area contributed by atoms with Crippen molar-refractivity contribution in [3.63, 3.8) is 0 Å². The third-order valence-corrected chi connectivity index (χ3v) is 4.53. The molecule has 0 fully saturated rings. The maximum atomic E-state index is 12.5. The Hall–Kier alpha value is -2.47. The highest BCUT2D eigenvalue weighted by molar-refractivity contribution is 9.10. The van der Waals surface area contributed by atoms with E-state index in [4.69, 9.17) is 0 Å². The van der Waals surface area contributed by atoms with Crippen molar-refractivity contribution >= 4 is 39.3 Å². The number of anilines is 1. The van der Waals surface area contributed by atoms with Gasteiger partial charge in [-0.25, -0.2) is 0 Å². The van der Waals surface area contributed by atoms with E-state index in [1.165, 1.54) is 0 Å². The van der Waals surface area contributed by atoms with Gasteiger partial charge >= 0.3 is 0 Å². The molecular formula is C18H15BrN2O3. The van der Waals surface area contributed by atoms with Crippen LogP contribution in [0.5, 0.6) is 0 Å². The Labute approximate surface area is 147 Å². The van der Waals surface area contributed by atoms with E-state index in [9.17, 15) is 14.4 Å². The second kappa shape index (κ2) is 6.20. The minimum absolute atomic E-state index is 0.335. The quantitative estimate of drug-likeness (QED) is 0.822. The maximum Gasteiger partial charge on any atom is 0.262 e. The highest BCUT2D eigenvalue weighted by Crippen LogP contribution is 2.25. The van der Waals surface area contributed by atoms with E-state index in [0.29, 0.717) is 16.8 Å². The molecule has 2 aromatic carbocycles. The highest BCUT2D eigenvalue weighted by atomic mass is 79.9. The third-order valence-electron chi connectivity index (χ3n) is 4.04. The van der Waals surface area contributed by atoms with E-state index in [2.05, 4.69) is 21.2 Å². The van der Waals surface area contributed by atoms with Gasteiger partial charge in [0.1, 0.15) is 6.04 Å². The van der Waals surface area contributed by atoms with Crippen LogP contribution in [-0.2, 0) is 4.79 Å². The molecule has 0 bridgehead atoms. The van der Waals surface area contributed by atoms with Gasteiger partial charge in [0, 0.05) is 10.2 Å². The number of carbonyl (C=O) groups excluding carboxylic acids is 3. The Bertz CT molecular complexity index is 828. The van der Waals surface area contributed by atoms with Gasteiger partial charge in [-0.2, -0.15) is 0 Å². The zero-order valence-corrected chi connectivity index (χ0v) is 14.8. The van der Waals surface area contributed by atoms with Crippen molar-refractivity contribution < 1.29 is 14.4 Å². The summed E-state index contributed by atoms with van der Waals surface area (Å²) in [5.74, 6) is -1.29. The summed E-state index contributed by atoms with van der Waals surface area (Å²) in [5, 5.41) is 2.78. The summed E-state index contributed by atoms with van der Waals surface area (Å²) in [5.41, 5.74) is 2.20. The Kier molecular flexibility index (Phi) is 4.24. The molecule has 0 unspecified atom stereocenters. The molecule has 2 aromatic rings. The first kappa shape index (κ1) is 16.4. The van der Waals surface area contributed by atoms with Gasteiger partial charge in [-0.3, -0.25) is 19.3 Å². The number of hydrogen-bond donors (Lipinski definition) is 1. The fourth-order valence-corrected chi connectivity index (χ4v) is 3.16. The minimum atomic E-state index is -0.902. The van der Waals surface area contributed by atoms with Crippen LogP contribution in [0.1, 0.15) is 33.2 Å². The largest absolute Gasteiger partial charge is 0.324 e. The summed E-state index contributed by atoms with van der Waals surface area (Å²) < 4.78 is 0.909. The number of nitrogens with zero attached hydrogens (tertiary/aromatic N) is 1. The molecular weight excluding hydrogens is 372 g/mol. The van der Waals surface area contributed by atoms with Crippen LogP contribution in [0.25, 0.3) is 0 Å². The zero-order valence-electron chi connectivity index (χ0n) is 13.2. The molecule has 0 saturated carbocycles. The number of halogens is 1. The number of amides is 3. The summed E-state index contributed by atoms with van der Waals surface area (Å²) in [6, 6.07) is 11.1. The van der Waals surface area contributed by atoms with Gasteiger partial charge in [0.15, 0.2) is 0 Å². The topological polar surface area (TPSA) is 66.5 Å². The number of fused-ring (bicyclic) bond motifs is 1. The molecule has 1 aliphatic heterocycles. The number of imide groups is 1. The van der Waals surface area contributed by atoms with Crippen molar-refractivity contribution in [1.29, 1.82) is 0 Å². The van der Waals surface area contributed by atoms with Crippen molar-refractivity contribution in [3.05, 3.63) is 63.6 Å². The van der Waals surface area contributed by atoms with Crippen molar-refractivity contribution in [3.8, 4) is 0 Å². The van der Waals surface area contributed by atoms with Gasteiger partial charge in [0.25, 0.3) is 11.8 Å². The molecule has 3 rings (SSSR count). The molecule has 1 atom stereocenters. The van der Waals surface area contributed by atoms with Crippen LogP contribution >= 0.6 is 15.9 Å². The number of aryl methyl sites for hydroxylation is 1. The molecule has 122 valence electrons. The third kappa shape index (κ3) is 2.73. The molecule has 0 radical (unpaired) electrons. The molecule has 1 aliphatic rings. The van der Waals surface area contributed by atoms with E-state index in [1.54, 1.807) is 37.3 Å². The van der Waals surface area contributed by atoms with Gasteiger partial charge in [0.2, 0.25) is 5.91 Å². The van der Waals surface area contributed by atoms with Crippen LogP contribution in [0.15, 0.2) is 46.9 Å². The van der Waals surface area contributed by atoms with Crippen LogP contribution in [0.3, 0.4) is 0 Å². The molecule has 0 saturated heterocycles. The van der Waals surface area contributed by atoms with E-state index >= 15 is 0 Å². The van der Waals surface area contributed by atoms with Crippen LogP contribution in [0.4, 0.5) is 5.69 Å². The Balaban J connectivity index is 1.82. The molecule has 0 aliphatic carbocycles. The second-order valence-electron chi connectivity index (χ2n) is 5.65. The molecule has 5 nitrogen and oxygen atoms in total. The molecule has 1 N–H and O–H groups in total. The Morgan fingerprint density at radius 2 is 1.67 bits per heavy atom. The van der Waals surface area contributed by atoms with Gasteiger partial charge < -0.3 is 5.32 Å². The van der Waals surface area contributed by atoms with Crippen LogP contribution in [-0.4, -0.2) is 28.7 Å². The lowest BCUT2D eigenvalue weighted by Gasteiger charge is -2.22. The number of nitrogens with one attached hydrogen (secondary N) is 1. The number of rotatable bonds is 3. The van der Waals surface area contributed by atoms with E-state index in [-0.39, 0.29) is 0 Å². The normalized spacial score (nSPS) is 14.5. The van der Waals surface area contributed by atoms with Crippen molar-refractivity contribution in [2.75, 3.05) is 5.32 Å². The first-order valence-corrected chi connectivity index (χ1v) is 8.23. The molecule has 3 amide bonds. The Morgan fingerprint density at radius 1 is 1.08 bits per heavy atom. The van der Waals surface area contributed by atoms with Crippen LogP contribution in [0, 0.1) is 6.92 Å². The van der Waals surface area contributed by atoms with Gasteiger partial charge in [-0.1, -0.05) is 28.1 Å². The van der Waals surface area contributed by atoms with Gasteiger partial charge in [-0.05, 0) is 49.7 Å². The Morgan fingerprint density at radius 3 is 2.21 bits per heavy atom. The predicted molar refractivity (Wildman–Crippen MR) is 93.9 cm³/mol. The standard InChI is InChI=1S/C18H15BrN2O3/c1-10-9-12(19)7-8-15(10)20-16(22)11(2)21-17(23)13-5-3-4-6-14(13)18(21)24/h3-9,11H,1-2H3,(H,20,22)/t11-/m0/s1. The monoisotopic (exact) mass is 386 g/mol. The average molecular weight is 387 g/mol. The lowest BCUT2D eigenvalue weighted by molar-refractivity contribution is -0.119.